The minimum Gasteiger partial charge on any atom is -0.0767 e. The van der Waals surface area contributed by atoms with E-state index in [9.17, 15) is 0 Å². The Morgan fingerprint density at radius 3 is 1.33 bits per heavy atom. The normalized spacial score (nSPS) is 14.8. The number of hydrogen-bond donors (Lipinski definition) is 0. The van der Waals surface area contributed by atoms with Crippen LogP contribution in [0.2, 0.25) is 0 Å². The molecule has 1 aliphatic rings. The molecule has 1 atom stereocenters. The molecule has 0 bridgehead atoms. The lowest BCUT2D eigenvalue weighted by atomic mass is 9.83. The van der Waals surface area contributed by atoms with Gasteiger partial charge >= 0.3 is 0 Å². The summed E-state index contributed by atoms with van der Waals surface area (Å²) in [4.78, 5) is 0. The summed E-state index contributed by atoms with van der Waals surface area (Å²) >= 11 is 0. The molecule has 1 aliphatic carbocycles. The average Bonchev–Trinajstić information content (AvgIpc) is 3.18. The summed E-state index contributed by atoms with van der Waals surface area (Å²) in [6, 6.07) is 58.6. The summed E-state index contributed by atoms with van der Waals surface area (Å²) in [6.07, 6.45) is 7.91. The zero-order chi connectivity index (χ0) is 31.6. The number of rotatable bonds is 3. The molecule has 0 heteroatoms. The Hall–Kier alpha value is -5.98. The van der Waals surface area contributed by atoms with Crippen molar-refractivity contribution in [3.8, 4) is 11.1 Å². The molecule has 0 saturated carbocycles. The van der Waals surface area contributed by atoms with Crippen LogP contribution < -0.4 is 0 Å². The lowest BCUT2D eigenvalue weighted by Crippen LogP contribution is -2.01. The third-order valence-corrected chi connectivity index (χ3v) is 10.6. The van der Waals surface area contributed by atoms with Gasteiger partial charge in [-0.25, -0.2) is 0 Å². The van der Waals surface area contributed by atoms with Gasteiger partial charge in [-0.1, -0.05) is 158 Å². The number of allylic oxidation sites excluding steroid dienone is 4. The standard InChI is InChI=1S/C48H32/c1-3-19-41-37(15-1)39-17-5-7-21-43(39)47-29-35(23-25-45(41)47)33-13-9-11-31(27-33)32-12-10-14-34(28-32)36-24-26-46-42-20-4-2-16-38(42)40-18-6-8-22-44(40)48(46)30-36/h1-27,29-30,34H,28H2. The predicted octanol–water partition coefficient (Wildman–Crippen LogP) is 13.4. The summed E-state index contributed by atoms with van der Waals surface area (Å²) < 4.78 is 0. The molecule has 10 rings (SSSR count). The molecular weight excluding hydrogens is 577 g/mol. The van der Waals surface area contributed by atoms with Crippen molar-refractivity contribution in [3.63, 3.8) is 0 Å². The summed E-state index contributed by atoms with van der Waals surface area (Å²) in [5.41, 5.74) is 6.55. The Labute approximate surface area is 279 Å². The van der Waals surface area contributed by atoms with Crippen molar-refractivity contribution in [2.24, 2.45) is 0 Å². The van der Waals surface area contributed by atoms with Crippen LogP contribution in [-0.2, 0) is 0 Å². The minimum atomic E-state index is 0.323. The third-order valence-electron chi connectivity index (χ3n) is 10.6. The molecule has 48 heavy (non-hydrogen) atoms. The first-order chi connectivity index (χ1) is 23.8. The first kappa shape index (κ1) is 27.2. The second-order valence-corrected chi connectivity index (χ2v) is 13.2. The maximum Gasteiger partial charge on any atom is 0.00619 e. The Morgan fingerprint density at radius 1 is 0.333 bits per heavy atom. The first-order valence-electron chi connectivity index (χ1n) is 16.9. The van der Waals surface area contributed by atoms with Gasteiger partial charge in [-0.2, -0.15) is 0 Å². The van der Waals surface area contributed by atoms with E-state index in [1.165, 1.54) is 92.5 Å². The summed E-state index contributed by atoms with van der Waals surface area (Å²) in [7, 11) is 0. The highest BCUT2D eigenvalue weighted by Crippen LogP contribution is 2.41. The summed E-state index contributed by atoms with van der Waals surface area (Å²) in [5, 5.41) is 15.8. The van der Waals surface area contributed by atoms with Crippen LogP contribution in [0.5, 0.6) is 0 Å². The van der Waals surface area contributed by atoms with Crippen LogP contribution in [0.15, 0.2) is 176 Å². The van der Waals surface area contributed by atoms with Gasteiger partial charge in [-0.3, -0.25) is 0 Å². The average molecular weight is 609 g/mol. The summed E-state index contributed by atoms with van der Waals surface area (Å²) in [5.74, 6) is 0.323. The van der Waals surface area contributed by atoms with Crippen LogP contribution in [0, 0.1) is 0 Å². The molecule has 9 aromatic carbocycles. The van der Waals surface area contributed by atoms with Gasteiger partial charge in [0, 0.05) is 5.92 Å². The molecule has 224 valence electrons. The lowest BCUT2D eigenvalue weighted by molar-refractivity contribution is 0.869. The molecule has 0 N–H and O–H groups in total. The number of hydrogen-bond acceptors (Lipinski definition) is 0. The first-order valence-corrected chi connectivity index (χ1v) is 16.9. The second kappa shape index (κ2) is 10.8. The van der Waals surface area contributed by atoms with Crippen molar-refractivity contribution in [3.05, 3.63) is 187 Å². The monoisotopic (exact) mass is 608 g/mol. The smallest absolute Gasteiger partial charge is 0.00619 e. The van der Waals surface area contributed by atoms with Crippen molar-refractivity contribution >= 4 is 70.2 Å². The Bertz CT molecular complexity index is 2740. The molecule has 0 heterocycles. The molecule has 9 aromatic rings. The topological polar surface area (TPSA) is 0 Å². The maximum atomic E-state index is 2.45. The molecule has 0 radical (unpaired) electrons. The van der Waals surface area contributed by atoms with E-state index in [0.717, 1.165) is 6.42 Å². The quantitative estimate of drug-likeness (QED) is 0.175. The fraction of sp³-hybridized carbons (Fsp3) is 0.0417. The van der Waals surface area contributed by atoms with Crippen LogP contribution in [0.1, 0.15) is 23.5 Å². The van der Waals surface area contributed by atoms with E-state index in [1.54, 1.807) is 0 Å². The van der Waals surface area contributed by atoms with Crippen molar-refractivity contribution in [1.29, 1.82) is 0 Å². The van der Waals surface area contributed by atoms with Gasteiger partial charge in [-0.15, -0.1) is 0 Å². The van der Waals surface area contributed by atoms with E-state index in [2.05, 4.69) is 176 Å². The lowest BCUT2D eigenvalue weighted by Gasteiger charge is -2.21. The summed E-state index contributed by atoms with van der Waals surface area (Å²) in [6.45, 7) is 0. The molecule has 0 saturated heterocycles. The van der Waals surface area contributed by atoms with Gasteiger partial charge in [0.1, 0.15) is 0 Å². The van der Waals surface area contributed by atoms with Crippen molar-refractivity contribution in [2.45, 2.75) is 12.3 Å². The van der Waals surface area contributed by atoms with E-state index in [4.69, 9.17) is 0 Å². The van der Waals surface area contributed by atoms with Crippen LogP contribution in [0.25, 0.3) is 81.3 Å². The fourth-order valence-electron chi connectivity index (χ4n) is 8.26. The van der Waals surface area contributed by atoms with E-state index in [-0.39, 0.29) is 0 Å². The third kappa shape index (κ3) is 4.23. The molecule has 1 unspecified atom stereocenters. The van der Waals surface area contributed by atoms with Crippen molar-refractivity contribution < 1.29 is 0 Å². The van der Waals surface area contributed by atoms with E-state index in [1.807, 2.05) is 0 Å². The molecular formula is C48H32. The SMILES string of the molecule is C1=CC(c2ccc3c4ccccc4c4ccccc4c3c2)CC(c2cccc(-c3ccc4c5ccccc5c5ccccc5c4c3)c2)=C1. The second-order valence-electron chi connectivity index (χ2n) is 13.2. The molecule has 0 spiro atoms. The van der Waals surface area contributed by atoms with Crippen LogP contribution in [0.4, 0.5) is 0 Å². The van der Waals surface area contributed by atoms with Gasteiger partial charge < -0.3 is 0 Å². The number of benzene rings is 9. The van der Waals surface area contributed by atoms with Crippen LogP contribution in [0.3, 0.4) is 0 Å². The molecule has 0 nitrogen and oxygen atoms in total. The highest BCUT2D eigenvalue weighted by atomic mass is 14.2. The highest BCUT2D eigenvalue weighted by molar-refractivity contribution is 6.26. The molecule has 0 aliphatic heterocycles. The molecule has 0 aromatic heterocycles. The molecule has 0 fully saturated rings. The Balaban J connectivity index is 1.03. The minimum absolute atomic E-state index is 0.323. The zero-order valence-electron chi connectivity index (χ0n) is 26.5. The van der Waals surface area contributed by atoms with Gasteiger partial charge in [0.15, 0.2) is 0 Å². The van der Waals surface area contributed by atoms with Crippen molar-refractivity contribution in [2.75, 3.05) is 0 Å². The zero-order valence-corrected chi connectivity index (χ0v) is 26.5. The largest absolute Gasteiger partial charge is 0.0767 e. The predicted molar refractivity (Wildman–Crippen MR) is 208 cm³/mol. The van der Waals surface area contributed by atoms with Crippen molar-refractivity contribution in [1.82, 2.24) is 0 Å². The van der Waals surface area contributed by atoms with Crippen LogP contribution in [-0.4, -0.2) is 0 Å². The van der Waals surface area contributed by atoms with E-state index < -0.39 is 0 Å². The van der Waals surface area contributed by atoms with Crippen LogP contribution >= 0.6 is 0 Å². The van der Waals surface area contributed by atoms with E-state index in [0.29, 0.717) is 5.92 Å². The maximum absolute atomic E-state index is 2.45. The Kier molecular flexibility index (Phi) is 6.11. The van der Waals surface area contributed by atoms with Gasteiger partial charge in [0.2, 0.25) is 0 Å². The van der Waals surface area contributed by atoms with E-state index >= 15 is 0 Å². The van der Waals surface area contributed by atoms with Gasteiger partial charge in [-0.05, 0) is 117 Å². The molecule has 0 amide bonds. The number of fused-ring (bicyclic) bond motifs is 12. The fourth-order valence-corrected chi connectivity index (χ4v) is 8.26. The highest BCUT2D eigenvalue weighted by Gasteiger charge is 2.18. The van der Waals surface area contributed by atoms with Gasteiger partial charge in [0.25, 0.3) is 0 Å². The Morgan fingerprint density at radius 2 is 0.771 bits per heavy atom. The van der Waals surface area contributed by atoms with Gasteiger partial charge in [0.05, 0.1) is 0 Å².